The maximum absolute atomic E-state index is 12.9. The van der Waals surface area contributed by atoms with Crippen molar-refractivity contribution in [2.45, 2.75) is 6.92 Å². The van der Waals surface area contributed by atoms with Crippen molar-refractivity contribution in [2.75, 3.05) is 31.1 Å². The van der Waals surface area contributed by atoms with Gasteiger partial charge in [0.1, 0.15) is 15.7 Å². The van der Waals surface area contributed by atoms with Crippen LogP contribution in [0, 0.1) is 6.92 Å². The van der Waals surface area contributed by atoms with Gasteiger partial charge >= 0.3 is 0 Å². The summed E-state index contributed by atoms with van der Waals surface area (Å²) in [5.74, 6) is 0.943. The van der Waals surface area contributed by atoms with Crippen LogP contribution >= 0.6 is 22.7 Å². The number of rotatable bonds is 3. The highest BCUT2D eigenvalue weighted by atomic mass is 32.1. The van der Waals surface area contributed by atoms with Crippen LogP contribution in [0.4, 0.5) is 5.82 Å². The molecule has 6 nitrogen and oxygen atoms in total. The molecule has 1 amide bonds. The van der Waals surface area contributed by atoms with Gasteiger partial charge in [-0.05, 0) is 18.4 Å². The molecule has 4 heterocycles. The van der Waals surface area contributed by atoms with E-state index in [-0.39, 0.29) is 5.91 Å². The number of carbonyl (C=O) groups excluding carboxylic acids is 1. The van der Waals surface area contributed by atoms with E-state index in [9.17, 15) is 4.79 Å². The first-order valence-corrected chi connectivity index (χ1v) is 9.78. The van der Waals surface area contributed by atoms with Crippen molar-refractivity contribution in [3.63, 3.8) is 0 Å². The van der Waals surface area contributed by atoms with Crippen molar-refractivity contribution in [2.24, 2.45) is 0 Å². The van der Waals surface area contributed by atoms with Crippen molar-refractivity contribution in [1.82, 2.24) is 19.9 Å². The number of carbonyl (C=O) groups is 1. The van der Waals surface area contributed by atoms with Crippen molar-refractivity contribution in [1.29, 1.82) is 0 Å². The van der Waals surface area contributed by atoms with Crippen molar-refractivity contribution >= 4 is 34.4 Å². The molecule has 1 aliphatic heterocycles. The van der Waals surface area contributed by atoms with E-state index in [2.05, 4.69) is 25.2 Å². The fourth-order valence-corrected chi connectivity index (χ4v) is 4.59. The Balaban J connectivity index is 1.46. The number of nitrogens with zero attached hydrogens (tertiary/aromatic N) is 5. The molecule has 3 aromatic rings. The second-order valence-corrected chi connectivity index (χ2v) is 7.57. The highest BCUT2D eigenvalue weighted by molar-refractivity contribution is 7.17. The molecule has 8 heteroatoms. The zero-order chi connectivity index (χ0) is 17.2. The second-order valence-electron chi connectivity index (χ2n) is 5.79. The van der Waals surface area contributed by atoms with Crippen LogP contribution in [-0.2, 0) is 0 Å². The van der Waals surface area contributed by atoms with Gasteiger partial charge in [0.2, 0.25) is 0 Å². The molecule has 128 valence electrons. The van der Waals surface area contributed by atoms with E-state index < -0.39 is 0 Å². The molecule has 1 fully saturated rings. The Morgan fingerprint density at radius 3 is 2.72 bits per heavy atom. The summed E-state index contributed by atoms with van der Waals surface area (Å²) in [6, 6.07) is 2.04. The smallest absolute Gasteiger partial charge is 0.265 e. The Morgan fingerprint density at radius 2 is 2.04 bits per heavy atom. The number of anilines is 1. The van der Waals surface area contributed by atoms with Gasteiger partial charge in [0.05, 0.1) is 11.9 Å². The van der Waals surface area contributed by atoms with Gasteiger partial charge < -0.3 is 9.80 Å². The molecule has 0 aromatic carbocycles. The lowest BCUT2D eigenvalue weighted by Gasteiger charge is -2.35. The fourth-order valence-electron chi connectivity index (χ4n) is 2.84. The van der Waals surface area contributed by atoms with Crippen LogP contribution in [-0.4, -0.2) is 51.9 Å². The Morgan fingerprint density at radius 1 is 1.20 bits per heavy atom. The predicted octanol–water partition coefficient (Wildman–Crippen LogP) is 2.93. The number of aromatic nitrogens is 3. The summed E-state index contributed by atoms with van der Waals surface area (Å²) < 4.78 is 0. The van der Waals surface area contributed by atoms with Crippen molar-refractivity contribution in [3.05, 3.63) is 46.0 Å². The molecule has 0 radical (unpaired) electrons. The average molecular weight is 371 g/mol. The maximum atomic E-state index is 12.9. The van der Waals surface area contributed by atoms with Gasteiger partial charge in [-0.25, -0.2) is 9.97 Å². The van der Waals surface area contributed by atoms with Crippen molar-refractivity contribution in [3.8, 4) is 10.6 Å². The van der Waals surface area contributed by atoms with Crippen LogP contribution in [0.3, 0.4) is 0 Å². The molecule has 0 saturated carbocycles. The minimum atomic E-state index is 0.0790. The van der Waals surface area contributed by atoms with Crippen LogP contribution < -0.4 is 4.90 Å². The molecule has 1 saturated heterocycles. The summed E-state index contributed by atoms with van der Waals surface area (Å²) in [5.41, 5.74) is 1.90. The third-order valence-electron chi connectivity index (χ3n) is 4.20. The van der Waals surface area contributed by atoms with Crippen LogP contribution in [0.15, 0.2) is 35.4 Å². The SMILES string of the molecule is Cc1nc(-c2ccsc2)sc1C(=O)N1CCN(c2cnccn2)CC1. The monoisotopic (exact) mass is 371 g/mol. The van der Waals surface area contributed by atoms with Gasteiger partial charge in [-0.1, -0.05) is 0 Å². The van der Waals surface area contributed by atoms with Gasteiger partial charge in [0, 0.05) is 49.5 Å². The third-order valence-corrected chi connectivity index (χ3v) is 6.08. The van der Waals surface area contributed by atoms with Crippen LogP contribution in [0.1, 0.15) is 15.4 Å². The summed E-state index contributed by atoms with van der Waals surface area (Å²) >= 11 is 3.12. The Labute approximate surface area is 153 Å². The van der Waals surface area contributed by atoms with E-state index in [0.717, 1.165) is 40.0 Å². The van der Waals surface area contributed by atoms with E-state index in [1.807, 2.05) is 23.3 Å². The van der Waals surface area contributed by atoms with Crippen LogP contribution in [0.2, 0.25) is 0 Å². The maximum Gasteiger partial charge on any atom is 0.265 e. The normalized spacial score (nSPS) is 14.8. The van der Waals surface area contributed by atoms with Gasteiger partial charge in [-0.15, -0.1) is 11.3 Å². The zero-order valence-corrected chi connectivity index (χ0v) is 15.4. The fraction of sp³-hybridized carbons (Fsp3) is 0.294. The highest BCUT2D eigenvalue weighted by Gasteiger charge is 2.26. The standard InChI is InChI=1S/C17H17N5OS2/c1-12-15(25-16(20-12)13-2-9-24-11-13)17(23)22-7-5-21(6-8-22)14-10-18-3-4-19-14/h2-4,9-11H,5-8H2,1H3. The lowest BCUT2D eigenvalue weighted by atomic mass is 10.2. The van der Waals surface area contributed by atoms with Gasteiger partial charge in [-0.2, -0.15) is 11.3 Å². The molecule has 25 heavy (non-hydrogen) atoms. The topological polar surface area (TPSA) is 62.2 Å². The molecule has 0 aliphatic carbocycles. The summed E-state index contributed by atoms with van der Waals surface area (Å²) in [6.07, 6.45) is 5.12. The average Bonchev–Trinajstić information content (AvgIpc) is 3.32. The predicted molar refractivity (Wildman–Crippen MR) is 100 cm³/mol. The first-order valence-electron chi connectivity index (χ1n) is 8.02. The Kier molecular flexibility index (Phi) is 4.46. The molecular weight excluding hydrogens is 354 g/mol. The van der Waals surface area contributed by atoms with Gasteiger partial charge in [0.25, 0.3) is 5.91 Å². The second kappa shape index (κ2) is 6.89. The summed E-state index contributed by atoms with van der Waals surface area (Å²) in [4.78, 5) is 30.7. The number of piperazine rings is 1. The summed E-state index contributed by atoms with van der Waals surface area (Å²) in [6.45, 7) is 4.80. The Hall–Kier alpha value is -2.32. The summed E-state index contributed by atoms with van der Waals surface area (Å²) in [7, 11) is 0. The minimum absolute atomic E-state index is 0.0790. The molecule has 0 N–H and O–H groups in total. The molecule has 0 spiro atoms. The van der Waals surface area contributed by atoms with Gasteiger partial charge in [-0.3, -0.25) is 9.78 Å². The quantitative estimate of drug-likeness (QED) is 0.708. The molecule has 0 atom stereocenters. The first kappa shape index (κ1) is 16.2. The van der Waals surface area contributed by atoms with E-state index >= 15 is 0 Å². The third kappa shape index (κ3) is 3.27. The Bertz CT molecular complexity index is 855. The lowest BCUT2D eigenvalue weighted by Crippen LogP contribution is -2.49. The number of aryl methyl sites for hydroxylation is 1. The van der Waals surface area contributed by atoms with Crippen LogP contribution in [0.25, 0.3) is 10.6 Å². The molecule has 1 aliphatic rings. The number of amides is 1. The van der Waals surface area contributed by atoms with Crippen LogP contribution in [0.5, 0.6) is 0 Å². The number of hydrogen-bond acceptors (Lipinski definition) is 7. The molecular formula is C17H17N5OS2. The van der Waals surface area contributed by atoms with E-state index in [1.165, 1.54) is 11.3 Å². The number of thiophene rings is 1. The molecule has 0 bridgehead atoms. The number of thiazole rings is 1. The largest absolute Gasteiger partial charge is 0.352 e. The molecule has 4 rings (SSSR count). The highest BCUT2D eigenvalue weighted by Crippen LogP contribution is 2.30. The molecule has 0 unspecified atom stereocenters. The number of hydrogen-bond donors (Lipinski definition) is 0. The van der Waals surface area contributed by atoms with E-state index in [4.69, 9.17) is 0 Å². The first-order chi connectivity index (χ1) is 12.2. The summed E-state index contributed by atoms with van der Waals surface area (Å²) in [5, 5.41) is 5.01. The van der Waals surface area contributed by atoms with Gasteiger partial charge in [0.15, 0.2) is 0 Å². The van der Waals surface area contributed by atoms with E-state index in [1.54, 1.807) is 29.9 Å². The molecule has 3 aromatic heterocycles. The lowest BCUT2D eigenvalue weighted by molar-refractivity contribution is 0.0750. The zero-order valence-electron chi connectivity index (χ0n) is 13.8. The van der Waals surface area contributed by atoms with E-state index in [0.29, 0.717) is 13.1 Å². The van der Waals surface area contributed by atoms with Crippen molar-refractivity contribution < 1.29 is 4.79 Å². The minimum Gasteiger partial charge on any atom is -0.352 e.